The van der Waals surface area contributed by atoms with Gasteiger partial charge >= 0.3 is 6.09 Å². The van der Waals surface area contributed by atoms with E-state index >= 15 is 0 Å². The first-order chi connectivity index (χ1) is 9.31. The van der Waals surface area contributed by atoms with Crippen LogP contribution in [0.25, 0.3) is 0 Å². The van der Waals surface area contributed by atoms with Crippen LogP contribution in [-0.4, -0.2) is 27.9 Å². The molecule has 0 heterocycles. The molecule has 1 rings (SSSR count). The van der Waals surface area contributed by atoms with Crippen LogP contribution in [0.3, 0.4) is 0 Å². The van der Waals surface area contributed by atoms with Gasteiger partial charge in [0, 0.05) is 0 Å². The van der Waals surface area contributed by atoms with Crippen molar-refractivity contribution in [1.29, 1.82) is 0 Å². The zero-order chi connectivity index (χ0) is 15.2. The third kappa shape index (κ3) is 6.06. The van der Waals surface area contributed by atoms with Crippen LogP contribution in [0, 0.1) is 0 Å². The number of nitrogens with zero attached hydrogens (tertiary/aromatic N) is 1. The SMILES string of the molecule is CC(C)(C)OC(=O)NN(Cc1ccccc1)C(=O)CBr. The number of hydrogen-bond acceptors (Lipinski definition) is 3. The Balaban J connectivity index is 2.70. The quantitative estimate of drug-likeness (QED) is 0.678. The van der Waals surface area contributed by atoms with E-state index in [0.29, 0.717) is 0 Å². The summed E-state index contributed by atoms with van der Waals surface area (Å²) in [6.07, 6.45) is -0.650. The maximum atomic E-state index is 11.8. The van der Waals surface area contributed by atoms with Crippen molar-refractivity contribution >= 4 is 27.9 Å². The van der Waals surface area contributed by atoms with Gasteiger partial charge in [0.2, 0.25) is 0 Å². The van der Waals surface area contributed by atoms with E-state index in [9.17, 15) is 9.59 Å². The summed E-state index contributed by atoms with van der Waals surface area (Å²) in [6.45, 7) is 5.58. The molecule has 2 amide bonds. The van der Waals surface area contributed by atoms with E-state index in [1.807, 2.05) is 30.3 Å². The number of alkyl halides is 1. The summed E-state index contributed by atoms with van der Waals surface area (Å²) >= 11 is 3.10. The van der Waals surface area contributed by atoms with Crippen LogP contribution in [0.15, 0.2) is 30.3 Å². The first kappa shape index (κ1) is 16.5. The van der Waals surface area contributed by atoms with Gasteiger partial charge in [0.1, 0.15) is 5.60 Å². The molecular formula is C14H19BrN2O3. The zero-order valence-corrected chi connectivity index (χ0v) is 13.4. The Morgan fingerprint density at radius 2 is 1.85 bits per heavy atom. The molecule has 6 heteroatoms. The van der Waals surface area contributed by atoms with Gasteiger partial charge in [-0.2, -0.15) is 0 Å². The topological polar surface area (TPSA) is 58.6 Å². The normalized spacial score (nSPS) is 10.8. The summed E-state index contributed by atoms with van der Waals surface area (Å²) in [4.78, 5) is 23.6. The lowest BCUT2D eigenvalue weighted by atomic mass is 10.2. The predicted octanol–water partition coefficient (Wildman–Crippen LogP) is 2.85. The second-order valence-electron chi connectivity index (χ2n) is 5.21. The van der Waals surface area contributed by atoms with E-state index in [4.69, 9.17) is 4.74 Å². The second kappa shape index (κ2) is 7.28. The van der Waals surface area contributed by atoms with Crippen LogP contribution in [0.1, 0.15) is 26.3 Å². The molecule has 0 unspecified atom stereocenters. The number of hydrazine groups is 1. The van der Waals surface area contributed by atoms with Crippen molar-refractivity contribution in [2.45, 2.75) is 32.9 Å². The van der Waals surface area contributed by atoms with Gasteiger partial charge in [-0.1, -0.05) is 46.3 Å². The molecule has 0 saturated heterocycles. The molecule has 0 spiro atoms. The van der Waals surface area contributed by atoms with Crippen LogP contribution in [0.5, 0.6) is 0 Å². The molecule has 0 aliphatic heterocycles. The molecule has 20 heavy (non-hydrogen) atoms. The number of ether oxygens (including phenoxy) is 1. The number of nitrogens with one attached hydrogen (secondary N) is 1. The second-order valence-corrected chi connectivity index (χ2v) is 5.77. The minimum atomic E-state index is -0.650. The highest BCUT2D eigenvalue weighted by molar-refractivity contribution is 9.09. The standard InChI is InChI=1S/C14H19BrN2O3/c1-14(2,3)20-13(19)16-17(12(18)9-15)10-11-7-5-4-6-8-11/h4-8H,9-10H2,1-3H3,(H,16,19). The van der Waals surface area contributed by atoms with Crippen molar-refractivity contribution in [1.82, 2.24) is 10.4 Å². The number of carbonyl (C=O) groups excluding carboxylic acids is 2. The Morgan fingerprint density at radius 1 is 1.25 bits per heavy atom. The zero-order valence-electron chi connectivity index (χ0n) is 11.9. The van der Waals surface area contributed by atoms with Crippen molar-refractivity contribution in [2.24, 2.45) is 0 Å². The summed E-state index contributed by atoms with van der Waals surface area (Å²) in [5.74, 6) is -0.250. The third-order valence-electron chi connectivity index (χ3n) is 2.22. The van der Waals surface area contributed by atoms with Crippen molar-refractivity contribution in [3.05, 3.63) is 35.9 Å². The summed E-state index contributed by atoms with van der Waals surface area (Å²) in [6, 6.07) is 9.40. The Bertz CT molecular complexity index is 457. The number of halogens is 1. The fourth-order valence-electron chi connectivity index (χ4n) is 1.44. The van der Waals surface area contributed by atoms with Crippen LogP contribution < -0.4 is 5.43 Å². The molecular weight excluding hydrogens is 324 g/mol. The van der Waals surface area contributed by atoms with Gasteiger partial charge in [0.15, 0.2) is 0 Å². The first-order valence-electron chi connectivity index (χ1n) is 6.21. The van der Waals surface area contributed by atoms with E-state index < -0.39 is 11.7 Å². The molecule has 0 aromatic heterocycles. The number of carbonyl (C=O) groups is 2. The molecule has 0 aliphatic rings. The highest BCUT2D eigenvalue weighted by Gasteiger charge is 2.20. The Labute approximate surface area is 127 Å². The molecule has 0 fully saturated rings. The predicted molar refractivity (Wildman–Crippen MR) is 80.2 cm³/mol. The summed E-state index contributed by atoms with van der Waals surface area (Å²) in [5.41, 5.74) is 2.77. The highest BCUT2D eigenvalue weighted by atomic mass is 79.9. The van der Waals surface area contributed by atoms with Gasteiger partial charge in [-0.25, -0.2) is 15.2 Å². The minimum absolute atomic E-state index is 0.121. The van der Waals surface area contributed by atoms with Crippen LogP contribution >= 0.6 is 15.9 Å². The maximum absolute atomic E-state index is 11.8. The molecule has 0 bridgehead atoms. The monoisotopic (exact) mass is 342 g/mol. The van der Waals surface area contributed by atoms with Gasteiger partial charge < -0.3 is 4.74 Å². The number of rotatable bonds is 3. The van der Waals surface area contributed by atoms with Crippen molar-refractivity contribution in [3.8, 4) is 0 Å². The highest BCUT2D eigenvalue weighted by Crippen LogP contribution is 2.08. The molecule has 0 saturated carbocycles. The maximum Gasteiger partial charge on any atom is 0.426 e. The van der Waals surface area contributed by atoms with E-state index in [1.54, 1.807) is 20.8 Å². The minimum Gasteiger partial charge on any atom is -0.443 e. The molecule has 0 radical (unpaired) electrons. The summed E-state index contributed by atoms with van der Waals surface area (Å²) in [7, 11) is 0. The lowest BCUT2D eigenvalue weighted by Crippen LogP contribution is -2.48. The van der Waals surface area contributed by atoms with Crippen molar-refractivity contribution in [2.75, 3.05) is 5.33 Å². The Morgan fingerprint density at radius 3 is 2.35 bits per heavy atom. The summed E-state index contributed by atoms with van der Waals surface area (Å²) < 4.78 is 5.14. The van der Waals surface area contributed by atoms with Crippen LogP contribution in [0.2, 0.25) is 0 Å². The molecule has 5 nitrogen and oxygen atoms in total. The van der Waals surface area contributed by atoms with E-state index in [1.165, 1.54) is 5.01 Å². The van der Waals surface area contributed by atoms with Crippen LogP contribution in [-0.2, 0) is 16.1 Å². The lowest BCUT2D eigenvalue weighted by molar-refractivity contribution is -0.132. The fourth-order valence-corrected chi connectivity index (χ4v) is 1.74. The molecule has 1 aromatic rings. The molecule has 110 valence electrons. The molecule has 1 aromatic carbocycles. The van der Waals surface area contributed by atoms with E-state index in [0.717, 1.165) is 5.56 Å². The number of benzene rings is 1. The van der Waals surface area contributed by atoms with Gasteiger partial charge in [0.25, 0.3) is 5.91 Å². The van der Waals surface area contributed by atoms with Gasteiger partial charge in [-0.3, -0.25) is 4.79 Å². The number of amides is 2. The van der Waals surface area contributed by atoms with Gasteiger partial charge in [0.05, 0.1) is 11.9 Å². The van der Waals surface area contributed by atoms with Gasteiger partial charge in [-0.05, 0) is 26.3 Å². The van der Waals surface area contributed by atoms with Gasteiger partial charge in [-0.15, -0.1) is 0 Å². The molecule has 0 aliphatic carbocycles. The smallest absolute Gasteiger partial charge is 0.426 e. The van der Waals surface area contributed by atoms with E-state index in [2.05, 4.69) is 21.4 Å². The molecule has 1 N–H and O–H groups in total. The number of hydrogen-bond donors (Lipinski definition) is 1. The molecule has 0 atom stereocenters. The average molecular weight is 343 g/mol. The third-order valence-corrected chi connectivity index (χ3v) is 2.70. The van der Waals surface area contributed by atoms with E-state index in [-0.39, 0.29) is 17.8 Å². The fraction of sp³-hybridized carbons (Fsp3) is 0.429. The van der Waals surface area contributed by atoms with Crippen molar-refractivity contribution < 1.29 is 14.3 Å². The largest absolute Gasteiger partial charge is 0.443 e. The van der Waals surface area contributed by atoms with Crippen molar-refractivity contribution in [3.63, 3.8) is 0 Å². The Kier molecular flexibility index (Phi) is 6.01. The first-order valence-corrected chi connectivity index (χ1v) is 7.34. The van der Waals surface area contributed by atoms with Crippen LogP contribution in [0.4, 0.5) is 4.79 Å². The average Bonchev–Trinajstić information content (AvgIpc) is 2.36. The Hall–Kier alpha value is -1.56. The summed E-state index contributed by atoms with van der Waals surface area (Å²) in [5, 5.41) is 1.35. The lowest BCUT2D eigenvalue weighted by Gasteiger charge is -2.25.